The SMILES string of the molecule is NC(=O)CCC(NC(=O)C(CC(=O)O)NC(=O)C(N)Cc1c[nH]c2ccccc12)C(=O)NC(CCC(=O)O)C(=O)O. The molecule has 0 saturated carbocycles. The van der Waals surface area contributed by atoms with Gasteiger partial charge in [-0.2, -0.15) is 0 Å². The second-order valence-electron chi connectivity index (χ2n) is 9.23. The number of nitrogens with one attached hydrogen (secondary N) is 4. The summed E-state index contributed by atoms with van der Waals surface area (Å²) in [7, 11) is 0. The summed E-state index contributed by atoms with van der Waals surface area (Å²) >= 11 is 0. The average molecular weight is 577 g/mol. The van der Waals surface area contributed by atoms with Gasteiger partial charge in [0.05, 0.1) is 12.5 Å². The number of nitrogens with two attached hydrogens (primary N) is 2. The Hall–Kier alpha value is -4.99. The molecule has 1 aromatic carbocycles. The zero-order valence-electron chi connectivity index (χ0n) is 21.8. The van der Waals surface area contributed by atoms with Crippen molar-refractivity contribution < 1.29 is 48.9 Å². The number of carboxylic acid groups (broad SMARTS) is 3. The van der Waals surface area contributed by atoms with Gasteiger partial charge in [0, 0.05) is 29.9 Å². The third kappa shape index (κ3) is 10.2. The largest absolute Gasteiger partial charge is 0.481 e. The molecule has 0 bridgehead atoms. The summed E-state index contributed by atoms with van der Waals surface area (Å²) < 4.78 is 0. The quantitative estimate of drug-likeness (QED) is 0.101. The Labute approximate surface area is 232 Å². The van der Waals surface area contributed by atoms with Crippen LogP contribution in [0.1, 0.15) is 37.7 Å². The van der Waals surface area contributed by atoms with Gasteiger partial charge < -0.3 is 47.7 Å². The van der Waals surface area contributed by atoms with E-state index < -0.39 is 97.8 Å². The van der Waals surface area contributed by atoms with Crippen molar-refractivity contribution in [2.75, 3.05) is 0 Å². The molecule has 0 radical (unpaired) electrons. The normalized spacial score (nSPS) is 13.8. The maximum Gasteiger partial charge on any atom is 0.326 e. The number of para-hydroxylation sites is 1. The number of aromatic amines is 1. The summed E-state index contributed by atoms with van der Waals surface area (Å²) in [6, 6.07) is 1.18. The van der Waals surface area contributed by atoms with E-state index in [4.69, 9.17) is 16.6 Å². The van der Waals surface area contributed by atoms with Crippen LogP contribution in [0.5, 0.6) is 0 Å². The lowest BCUT2D eigenvalue weighted by atomic mass is 10.0. The molecule has 2 rings (SSSR count). The first-order chi connectivity index (χ1) is 19.3. The second kappa shape index (κ2) is 15.0. The highest BCUT2D eigenvalue weighted by molar-refractivity contribution is 5.96. The molecule has 1 aromatic heterocycles. The van der Waals surface area contributed by atoms with Gasteiger partial charge in [0.2, 0.25) is 23.6 Å². The molecule has 4 amide bonds. The van der Waals surface area contributed by atoms with Crippen molar-refractivity contribution in [3.8, 4) is 0 Å². The molecule has 0 fully saturated rings. The standard InChI is InChI=1S/C25H32N6O10/c26-14(9-12-11-28-15-4-2-1-3-13(12)15)22(37)31-18(10-21(35)36)24(39)29-16(5-7-19(27)32)23(38)30-17(25(40)41)6-8-20(33)34/h1-4,11,14,16-18,28H,5-10,26H2,(H2,27,32)(H,29,39)(H,30,38)(H,31,37)(H,33,34)(H,35,36)(H,40,41). The molecular formula is C25H32N6O10. The van der Waals surface area contributed by atoms with Crippen LogP contribution < -0.4 is 27.4 Å². The number of carbonyl (C=O) groups is 7. The van der Waals surface area contributed by atoms with E-state index >= 15 is 0 Å². The lowest BCUT2D eigenvalue weighted by Crippen LogP contribution is -2.57. The van der Waals surface area contributed by atoms with E-state index in [0.717, 1.165) is 10.9 Å². The highest BCUT2D eigenvalue weighted by Gasteiger charge is 2.32. The van der Waals surface area contributed by atoms with Gasteiger partial charge in [-0.3, -0.25) is 28.8 Å². The number of aliphatic carboxylic acids is 3. The lowest BCUT2D eigenvalue weighted by Gasteiger charge is -2.24. The highest BCUT2D eigenvalue weighted by Crippen LogP contribution is 2.18. The Kier molecular flexibility index (Phi) is 11.8. The molecule has 41 heavy (non-hydrogen) atoms. The van der Waals surface area contributed by atoms with Gasteiger partial charge in [0.15, 0.2) is 0 Å². The van der Waals surface area contributed by atoms with E-state index in [1.165, 1.54) is 0 Å². The Balaban J connectivity index is 2.15. The predicted octanol–water partition coefficient (Wildman–Crippen LogP) is -1.82. The van der Waals surface area contributed by atoms with Crippen molar-refractivity contribution in [3.63, 3.8) is 0 Å². The Bertz CT molecular complexity index is 1310. The highest BCUT2D eigenvalue weighted by atomic mass is 16.4. The summed E-state index contributed by atoms with van der Waals surface area (Å²) in [4.78, 5) is 86.6. The van der Waals surface area contributed by atoms with E-state index in [0.29, 0.717) is 5.56 Å². The fraction of sp³-hybridized carbons (Fsp3) is 0.400. The molecule has 4 unspecified atom stereocenters. The van der Waals surface area contributed by atoms with Crippen molar-refractivity contribution in [1.29, 1.82) is 0 Å². The lowest BCUT2D eigenvalue weighted by molar-refractivity contribution is -0.144. The predicted molar refractivity (Wildman–Crippen MR) is 141 cm³/mol. The number of carbonyl (C=O) groups excluding carboxylic acids is 4. The Morgan fingerprint density at radius 1 is 0.780 bits per heavy atom. The van der Waals surface area contributed by atoms with Crippen LogP contribution in [-0.2, 0) is 40.0 Å². The molecule has 2 aromatic rings. The number of benzene rings is 1. The average Bonchev–Trinajstić information content (AvgIpc) is 3.30. The zero-order chi connectivity index (χ0) is 30.7. The zero-order valence-corrected chi connectivity index (χ0v) is 21.8. The van der Waals surface area contributed by atoms with E-state index in [1.54, 1.807) is 12.3 Å². The molecule has 0 saturated heterocycles. The molecule has 11 N–H and O–H groups in total. The maximum atomic E-state index is 13.0. The molecule has 222 valence electrons. The summed E-state index contributed by atoms with van der Waals surface area (Å²) in [5.74, 6) is -8.23. The van der Waals surface area contributed by atoms with Crippen LogP contribution in [0.15, 0.2) is 30.5 Å². The first kappa shape index (κ1) is 32.2. The van der Waals surface area contributed by atoms with Crippen LogP contribution in [0, 0.1) is 0 Å². The molecular weight excluding hydrogens is 544 g/mol. The maximum absolute atomic E-state index is 13.0. The first-order valence-corrected chi connectivity index (χ1v) is 12.4. The minimum Gasteiger partial charge on any atom is -0.481 e. The fourth-order valence-corrected chi connectivity index (χ4v) is 3.92. The van der Waals surface area contributed by atoms with Gasteiger partial charge in [-0.1, -0.05) is 18.2 Å². The number of hydrogen-bond acceptors (Lipinski definition) is 8. The number of aromatic nitrogens is 1. The van der Waals surface area contributed by atoms with Gasteiger partial charge in [0.1, 0.15) is 18.1 Å². The van der Waals surface area contributed by atoms with Gasteiger partial charge in [-0.05, 0) is 30.9 Å². The number of hydrogen-bond donors (Lipinski definition) is 9. The molecule has 16 heteroatoms. The van der Waals surface area contributed by atoms with E-state index in [9.17, 15) is 43.8 Å². The van der Waals surface area contributed by atoms with Gasteiger partial charge in [-0.25, -0.2) is 4.79 Å². The van der Waals surface area contributed by atoms with E-state index in [1.807, 2.05) is 18.2 Å². The third-order valence-corrected chi connectivity index (χ3v) is 6.04. The molecule has 1 heterocycles. The van der Waals surface area contributed by atoms with Crippen LogP contribution in [0.3, 0.4) is 0 Å². The summed E-state index contributed by atoms with van der Waals surface area (Å²) in [6.45, 7) is 0. The fourth-order valence-electron chi connectivity index (χ4n) is 3.92. The minimum atomic E-state index is -1.69. The smallest absolute Gasteiger partial charge is 0.326 e. The van der Waals surface area contributed by atoms with Gasteiger partial charge >= 0.3 is 17.9 Å². The molecule has 0 aliphatic heterocycles. The van der Waals surface area contributed by atoms with Crippen molar-refractivity contribution in [2.24, 2.45) is 11.5 Å². The van der Waals surface area contributed by atoms with Crippen molar-refractivity contribution in [2.45, 2.75) is 62.7 Å². The van der Waals surface area contributed by atoms with Crippen molar-refractivity contribution in [3.05, 3.63) is 36.0 Å². The molecule has 4 atom stereocenters. The molecule has 0 spiro atoms. The van der Waals surface area contributed by atoms with Crippen molar-refractivity contribution in [1.82, 2.24) is 20.9 Å². The molecule has 0 aliphatic rings. The van der Waals surface area contributed by atoms with E-state index in [-0.39, 0.29) is 6.42 Å². The second-order valence-corrected chi connectivity index (χ2v) is 9.23. The summed E-state index contributed by atoms with van der Waals surface area (Å²) in [5, 5.41) is 34.8. The molecule has 16 nitrogen and oxygen atoms in total. The number of rotatable bonds is 17. The number of H-pyrrole nitrogens is 1. The number of primary amides is 1. The summed E-state index contributed by atoms with van der Waals surface area (Å²) in [5.41, 5.74) is 12.7. The Morgan fingerprint density at radius 2 is 1.37 bits per heavy atom. The molecule has 0 aliphatic carbocycles. The van der Waals surface area contributed by atoms with Crippen LogP contribution in [0.25, 0.3) is 10.9 Å². The Morgan fingerprint density at radius 3 is 1.98 bits per heavy atom. The van der Waals surface area contributed by atoms with Crippen LogP contribution >= 0.6 is 0 Å². The van der Waals surface area contributed by atoms with Gasteiger partial charge in [-0.15, -0.1) is 0 Å². The van der Waals surface area contributed by atoms with Crippen LogP contribution in [-0.4, -0.2) is 86.0 Å². The number of amides is 4. The van der Waals surface area contributed by atoms with E-state index in [2.05, 4.69) is 20.9 Å². The van der Waals surface area contributed by atoms with Crippen LogP contribution in [0.2, 0.25) is 0 Å². The summed E-state index contributed by atoms with van der Waals surface area (Å²) in [6.07, 6.45) is -1.05. The van der Waals surface area contributed by atoms with Crippen LogP contribution in [0.4, 0.5) is 0 Å². The third-order valence-electron chi connectivity index (χ3n) is 6.04. The van der Waals surface area contributed by atoms with Gasteiger partial charge in [0.25, 0.3) is 0 Å². The first-order valence-electron chi connectivity index (χ1n) is 12.4. The topological polar surface area (TPSA) is 284 Å². The number of carboxylic acids is 3. The minimum absolute atomic E-state index is 0.0494. The number of fused-ring (bicyclic) bond motifs is 1. The monoisotopic (exact) mass is 576 g/mol. The van der Waals surface area contributed by atoms with Crippen molar-refractivity contribution >= 4 is 52.4 Å².